The summed E-state index contributed by atoms with van der Waals surface area (Å²) in [7, 11) is 0. The van der Waals surface area contributed by atoms with Crippen molar-refractivity contribution < 1.29 is 13.6 Å². The highest BCUT2D eigenvalue weighted by Crippen LogP contribution is 2.17. The standard InChI is InChI=1S/C18H13F2N3OS/c1-11-22-15(10-25-11)5-2-12-8-16(17(20)21-9-12)18(24)23-14-6-3-13(19)4-7-14/h3-4,6-9,15H,10H2,1H3,(H,23,24). The first kappa shape index (κ1) is 17.1. The van der Waals surface area contributed by atoms with Crippen LogP contribution in [-0.4, -0.2) is 27.7 Å². The molecule has 1 atom stereocenters. The van der Waals surface area contributed by atoms with Crippen LogP contribution in [0.2, 0.25) is 0 Å². The lowest BCUT2D eigenvalue weighted by Gasteiger charge is -2.06. The number of rotatable bonds is 2. The second kappa shape index (κ2) is 7.45. The Bertz CT molecular complexity index is 901. The zero-order valence-electron chi connectivity index (χ0n) is 13.2. The van der Waals surface area contributed by atoms with Gasteiger partial charge in [0.15, 0.2) is 0 Å². The van der Waals surface area contributed by atoms with E-state index in [2.05, 4.69) is 27.1 Å². The van der Waals surface area contributed by atoms with Crippen molar-refractivity contribution in [1.29, 1.82) is 0 Å². The van der Waals surface area contributed by atoms with Crippen LogP contribution in [0.15, 0.2) is 41.5 Å². The molecule has 0 saturated carbocycles. The molecule has 0 aliphatic carbocycles. The van der Waals surface area contributed by atoms with Gasteiger partial charge in [-0.3, -0.25) is 9.79 Å². The minimum atomic E-state index is -0.893. The van der Waals surface area contributed by atoms with Crippen LogP contribution < -0.4 is 5.32 Å². The number of anilines is 1. The number of aliphatic imine (C=N–C) groups is 1. The molecule has 1 N–H and O–H groups in total. The Kier molecular flexibility index (Phi) is 5.10. The number of benzene rings is 1. The van der Waals surface area contributed by atoms with Crippen LogP contribution in [-0.2, 0) is 0 Å². The monoisotopic (exact) mass is 357 g/mol. The molecule has 3 rings (SSSR count). The molecular weight excluding hydrogens is 344 g/mol. The first-order chi connectivity index (χ1) is 12.0. The lowest BCUT2D eigenvalue weighted by molar-refractivity contribution is 0.102. The van der Waals surface area contributed by atoms with Gasteiger partial charge in [-0.15, -0.1) is 11.8 Å². The maximum atomic E-state index is 13.9. The average molecular weight is 357 g/mol. The van der Waals surface area contributed by atoms with Gasteiger partial charge in [0.2, 0.25) is 5.95 Å². The van der Waals surface area contributed by atoms with Gasteiger partial charge < -0.3 is 5.32 Å². The van der Waals surface area contributed by atoms with E-state index in [1.807, 2.05) is 6.92 Å². The van der Waals surface area contributed by atoms with Crippen LogP contribution in [0.3, 0.4) is 0 Å². The van der Waals surface area contributed by atoms with Crippen LogP contribution in [0.1, 0.15) is 22.8 Å². The van der Waals surface area contributed by atoms with E-state index in [-0.39, 0.29) is 11.6 Å². The summed E-state index contributed by atoms with van der Waals surface area (Å²) in [4.78, 5) is 20.1. The Hall–Kier alpha value is -2.72. The number of nitrogens with zero attached hydrogens (tertiary/aromatic N) is 2. The topological polar surface area (TPSA) is 54.4 Å². The number of halogens is 2. The molecule has 0 bridgehead atoms. The number of amides is 1. The molecule has 1 amide bonds. The second-order valence-electron chi connectivity index (χ2n) is 5.27. The molecule has 0 fully saturated rings. The number of carbonyl (C=O) groups excluding carboxylic acids is 1. The SMILES string of the molecule is CC1=NC(C#Cc2cnc(F)c(C(=O)Nc3ccc(F)cc3)c2)CS1. The predicted molar refractivity (Wildman–Crippen MR) is 94.8 cm³/mol. The number of pyridine rings is 1. The van der Waals surface area contributed by atoms with E-state index < -0.39 is 17.7 Å². The summed E-state index contributed by atoms with van der Waals surface area (Å²) in [6, 6.07) is 6.42. The van der Waals surface area contributed by atoms with Crippen molar-refractivity contribution >= 4 is 28.4 Å². The highest BCUT2D eigenvalue weighted by atomic mass is 32.2. The molecule has 126 valence electrons. The lowest BCUT2D eigenvalue weighted by Crippen LogP contribution is -2.15. The van der Waals surface area contributed by atoms with Crippen LogP contribution >= 0.6 is 11.8 Å². The molecule has 0 spiro atoms. The first-order valence-corrected chi connectivity index (χ1v) is 8.41. The fraction of sp³-hybridized carbons (Fsp3) is 0.167. The minimum Gasteiger partial charge on any atom is -0.322 e. The molecule has 0 saturated heterocycles. The Morgan fingerprint density at radius 2 is 2.08 bits per heavy atom. The van der Waals surface area contributed by atoms with Gasteiger partial charge in [0, 0.05) is 23.2 Å². The fourth-order valence-corrected chi connectivity index (χ4v) is 2.90. The fourth-order valence-electron chi connectivity index (χ4n) is 2.14. The van der Waals surface area contributed by atoms with Crippen LogP contribution in [0.4, 0.5) is 14.5 Å². The molecule has 2 aromatic rings. The van der Waals surface area contributed by atoms with Crippen molar-refractivity contribution in [3.8, 4) is 11.8 Å². The Labute approximate surface area is 147 Å². The third kappa shape index (κ3) is 4.43. The van der Waals surface area contributed by atoms with E-state index in [1.54, 1.807) is 11.8 Å². The van der Waals surface area contributed by atoms with E-state index in [1.165, 1.54) is 36.5 Å². The average Bonchev–Trinajstić information content (AvgIpc) is 3.01. The molecule has 1 aliphatic heterocycles. The van der Waals surface area contributed by atoms with Crippen molar-refractivity contribution in [2.45, 2.75) is 13.0 Å². The van der Waals surface area contributed by atoms with Gasteiger partial charge in [-0.25, -0.2) is 9.37 Å². The molecule has 25 heavy (non-hydrogen) atoms. The van der Waals surface area contributed by atoms with Gasteiger partial charge in [-0.1, -0.05) is 11.8 Å². The largest absolute Gasteiger partial charge is 0.322 e. The van der Waals surface area contributed by atoms with Gasteiger partial charge in [-0.05, 0) is 37.3 Å². The van der Waals surface area contributed by atoms with Crippen molar-refractivity contribution in [2.24, 2.45) is 4.99 Å². The summed E-state index contributed by atoms with van der Waals surface area (Å²) >= 11 is 1.63. The predicted octanol–water partition coefficient (Wildman–Crippen LogP) is 3.50. The Morgan fingerprint density at radius 1 is 1.32 bits per heavy atom. The molecule has 7 heteroatoms. The Balaban J connectivity index is 1.78. The normalized spacial score (nSPS) is 16.0. The smallest absolute Gasteiger partial charge is 0.260 e. The summed E-state index contributed by atoms with van der Waals surface area (Å²) in [5.74, 6) is 4.64. The maximum absolute atomic E-state index is 13.9. The number of thioether (sulfide) groups is 1. The Morgan fingerprint density at radius 3 is 2.76 bits per heavy atom. The number of aromatic nitrogens is 1. The number of nitrogens with one attached hydrogen (secondary N) is 1. The van der Waals surface area contributed by atoms with Gasteiger partial charge in [0.25, 0.3) is 5.91 Å². The van der Waals surface area contributed by atoms with E-state index >= 15 is 0 Å². The van der Waals surface area contributed by atoms with Crippen molar-refractivity contribution in [3.63, 3.8) is 0 Å². The highest BCUT2D eigenvalue weighted by Gasteiger charge is 2.15. The molecule has 1 aromatic heterocycles. The second-order valence-corrected chi connectivity index (χ2v) is 6.48. The lowest BCUT2D eigenvalue weighted by atomic mass is 10.1. The number of hydrogen-bond acceptors (Lipinski definition) is 4. The van der Waals surface area contributed by atoms with Crippen molar-refractivity contribution in [1.82, 2.24) is 4.98 Å². The number of hydrogen-bond donors (Lipinski definition) is 1. The van der Waals surface area contributed by atoms with E-state index in [9.17, 15) is 13.6 Å². The summed E-state index contributed by atoms with van der Waals surface area (Å²) < 4.78 is 26.8. The molecule has 2 heterocycles. The zero-order chi connectivity index (χ0) is 17.8. The molecule has 1 aliphatic rings. The zero-order valence-corrected chi connectivity index (χ0v) is 14.0. The van der Waals surface area contributed by atoms with Gasteiger partial charge >= 0.3 is 0 Å². The quantitative estimate of drug-likeness (QED) is 0.661. The van der Waals surface area contributed by atoms with Crippen LogP contribution in [0, 0.1) is 23.6 Å². The summed E-state index contributed by atoms with van der Waals surface area (Å²) in [6.07, 6.45) is 1.27. The third-order valence-corrected chi connectivity index (χ3v) is 4.36. The third-order valence-electron chi connectivity index (χ3n) is 3.36. The first-order valence-electron chi connectivity index (χ1n) is 7.42. The van der Waals surface area contributed by atoms with Gasteiger partial charge in [0.1, 0.15) is 11.9 Å². The summed E-state index contributed by atoms with van der Waals surface area (Å²) in [5.41, 5.74) is 0.557. The number of carbonyl (C=O) groups is 1. The van der Waals surface area contributed by atoms with E-state index in [0.717, 1.165) is 10.8 Å². The molecule has 0 radical (unpaired) electrons. The van der Waals surface area contributed by atoms with Crippen LogP contribution in [0.25, 0.3) is 0 Å². The van der Waals surface area contributed by atoms with Gasteiger partial charge in [0.05, 0.1) is 10.6 Å². The van der Waals surface area contributed by atoms with Crippen LogP contribution in [0.5, 0.6) is 0 Å². The summed E-state index contributed by atoms with van der Waals surface area (Å²) in [6.45, 7) is 1.92. The molecular formula is C18H13F2N3OS. The molecule has 4 nitrogen and oxygen atoms in total. The van der Waals surface area contributed by atoms with Gasteiger partial charge in [-0.2, -0.15) is 4.39 Å². The van der Waals surface area contributed by atoms with E-state index in [4.69, 9.17) is 0 Å². The van der Waals surface area contributed by atoms with E-state index in [0.29, 0.717) is 11.3 Å². The van der Waals surface area contributed by atoms with Crippen molar-refractivity contribution in [3.05, 3.63) is 59.4 Å². The maximum Gasteiger partial charge on any atom is 0.260 e. The highest BCUT2D eigenvalue weighted by molar-refractivity contribution is 8.14. The summed E-state index contributed by atoms with van der Waals surface area (Å²) in [5, 5.41) is 3.48. The molecule has 1 aromatic carbocycles. The molecule has 1 unspecified atom stereocenters. The minimum absolute atomic E-state index is 0.105. The van der Waals surface area contributed by atoms with Crippen molar-refractivity contribution in [2.75, 3.05) is 11.1 Å².